The molecule has 0 heterocycles. The summed E-state index contributed by atoms with van der Waals surface area (Å²) in [6.07, 6.45) is 4.06. The highest BCUT2D eigenvalue weighted by molar-refractivity contribution is 14.2. The number of hydrogen-bond donors (Lipinski definition) is 0. The maximum Gasteiger partial charge on any atom is 0.0194 e. The first-order chi connectivity index (χ1) is 4.83. The molecule has 0 spiro atoms. The fourth-order valence-corrected chi connectivity index (χ4v) is 0. The fraction of sp³-hybridized carbons (Fsp3) is 1.00. The lowest BCUT2D eigenvalue weighted by atomic mass is 12.0. The van der Waals surface area contributed by atoms with Crippen LogP contribution < -0.4 is 0 Å². The van der Waals surface area contributed by atoms with Crippen molar-refractivity contribution in [1.29, 1.82) is 0 Å². The molecule has 0 amide bonds. The van der Waals surface area contributed by atoms with Crippen LogP contribution in [0.15, 0.2) is 0 Å². The number of hydrogen-bond acceptors (Lipinski definition) is 2. The molecule has 0 aliphatic carbocycles. The van der Waals surface area contributed by atoms with E-state index in [9.17, 15) is 0 Å². The van der Waals surface area contributed by atoms with Gasteiger partial charge in [-0.3, -0.25) is 0 Å². The quantitative estimate of drug-likeness (QED) is 0.557. The lowest BCUT2D eigenvalue weighted by Crippen LogP contribution is -1.05. The van der Waals surface area contributed by atoms with Crippen molar-refractivity contribution in [3.05, 3.63) is 0 Å². The molecule has 0 aliphatic rings. The topological polar surface area (TPSA) is 0 Å². The second-order valence-corrected chi connectivity index (χ2v) is 6.21. The minimum absolute atomic E-state index is 1.25. The average Bonchev–Trinajstić information content (AvgIpc) is 1.99. The molecule has 0 radical (unpaired) electrons. The summed E-state index contributed by atoms with van der Waals surface area (Å²) in [6, 6.07) is 0. The van der Waals surface area contributed by atoms with E-state index >= 15 is 0 Å². The Morgan fingerprint density at radius 2 is 1.12 bits per heavy atom. The Morgan fingerprint density at radius 1 is 1.12 bits per heavy atom. The standard InChI is InChI=1S/2CH3IS.2CH4/c2*1-3-2;;/h2*1H3;2*1H4/i;;2*1T. The van der Waals surface area contributed by atoms with Gasteiger partial charge in [0.15, 0.2) is 0 Å². The molecule has 0 N–H and O–H groups in total. The summed E-state index contributed by atoms with van der Waals surface area (Å²) in [5.41, 5.74) is 0. The molecule has 0 atom stereocenters. The van der Waals surface area contributed by atoms with Gasteiger partial charge in [0, 0.05) is 2.74 Å². The monoisotopic (exact) mass is 384 g/mol. The van der Waals surface area contributed by atoms with Crippen LogP contribution in [-0.4, -0.2) is 12.5 Å². The van der Waals surface area contributed by atoms with Gasteiger partial charge in [0.05, 0.1) is 0 Å². The van der Waals surface area contributed by atoms with Crippen LogP contribution >= 0.6 is 60.3 Å². The van der Waals surface area contributed by atoms with Gasteiger partial charge in [-0.25, -0.2) is 0 Å². The van der Waals surface area contributed by atoms with Crippen LogP contribution in [0.25, 0.3) is 0 Å². The van der Waals surface area contributed by atoms with Crippen LogP contribution in [-0.2, 0) is 0 Å². The largest absolute Gasteiger partial charge is 0.0928 e. The van der Waals surface area contributed by atoms with Crippen molar-refractivity contribution >= 4 is 60.3 Å². The minimum Gasteiger partial charge on any atom is -0.0928 e. The van der Waals surface area contributed by atoms with Crippen molar-refractivity contribution < 1.29 is 2.74 Å². The molecule has 0 unspecified atom stereocenters. The zero-order valence-corrected chi connectivity index (χ0v) is 11.5. The van der Waals surface area contributed by atoms with Crippen molar-refractivity contribution in [2.45, 2.75) is 14.8 Å². The molecule has 0 aliphatic heterocycles. The van der Waals surface area contributed by atoms with E-state index < -0.39 is 0 Å². The fourth-order valence-electron chi connectivity index (χ4n) is 0. The molecule has 4 heteroatoms. The van der Waals surface area contributed by atoms with Crippen LogP contribution in [0.2, 0.25) is 0 Å². The normalized spacial score (nSPS) is 6.25. The molecule has 0 fully saturated rings. The van der Waals surface area contributed by atoms with Gasteiger partial charge in [0.1, 0.15) is 0 Å². The molecular weight excluding hydrogens is 366 g/mol. The lowest BCUT2D eigenvalue weighted by Gasteiger charge is -1.46. The van der Waals surface area contributed by atoms with Gasteiger partial charge in [-0.1, -0.05) is 32.7 Å². The molecular formula is C4H14I2S2. The summed E-state index contributed by atoms with van der Waals surface area (Å²) in [5.74, 6) is 0. The lowest BCUT2D eigenvalue weighted by molar-refractivity contribution is 2.50. The Kier molecular flexibility index (Phi) is 56.4. The van der Waals surface area contributed by atoms with Crippen LogP contribution in [0.5, 0.6) is 0 Å². The highest BCUT2D eigenvalue weighted by Crippen LogP contribution is 2.00. The van der Waals surface area contributed by atoms with Crippen molar-refractivity contribution in [2.75, 3.05) is 12.5 Å². The van der Waals surface area contributed by atoms with E-state index in [0.29, 0.717) is 0 Å². The van der Waals surface area contributed by atoms with Gasteiger partial charge in [-0.15, -0.1) is 0 Å². The van der Waals surface area contributed by atoms with Gasteiger partial charge in [-0.05, 0) is 54.9 Å². The first kappa shape index (κ1) is 12.8. The molecule has 8 heavy (non-hydrogen) atoms. The van der Waals surface area contributed by atoms with Crippen LogP contribution in [0.4, 0.5) is 0 Å². The molecule has 0 aromatic carbocycles. The van der Waals surface area contributed by atoms with Gasteiger partial charge < -0.3 is 0 Å². The Balaban J connectivity index is -0.0000000246. The second kappa shape index (κ2) is 35.2. The minimum atomic E-state index is 1.25. The van der Waals surface area contributed by atoms with Crippen molar-refractivity contribution in [2.24, 2.45) is 0 Å². The third-order valence-corrected chi connectivity index (χ3v) is 0. The van der Waals surface area contributed by atoms with Gasteiger partial charge >= 0.3 is 0 Å². The second-order valence-electron chi connectivity index (χ2n) is 0.309. The molecule has 0 aromatic heterocycles. The van der Waals surface area contributed by atoms with E-state index in [4.69, 9.17) is 2.74 Å². The Hall–Kier alpha value is 2.16. The molecule has 0 aromatic rings. The summed E-state index contributed by atoms with van der Waals surface area (Å²) in [7, 11) is 5.94. The van der Waals surface area contributed by atoms with E-state index in [0.717, 1.165) is 0 Å². The molecule has 0 saturated heterocycles. The van der Waals surface area contributed by atoms with Crippen molar-refractivity contribution in [3.8, 4) is 0 Å². The molecule has 0 bridgehead atoms. The smallest absolute Gasteiger partial charge is 0.0194 e. The molecule has 56 valence electrons. The van der Waals surface area contributed by atoms with E-state index in [1.807, 2.05) is 12.5 Å². The van der Waals surface area contributed by atoms with Crippen LogP contribution in [0, 0.1) is 0 Å². The van der Waals surface area contributed by atoms with E-state index in [1.54, 1.807) is 17.9 Å². The van der Waals surface area contributed by atoms with Crippen LogP contribution in [0.1, 0.15) is 17.5 Å². The third kappa shape index (κ3) is 89.7. The highest BCUT2D eigenvalue weighted by Gasteiger charge is 1.37. The zero-order valence-electron chi connectivity index (χ0n) is 7.57. The molecule has 0 saturated carbocycles. The van der Waals surface area contributed by atoms with Gasteiger partial charge in [0.25, 0.3) is 0 Å². The maximum atomic E-state index is 5.75. The Morgan fingerprint density at radius 3 is 1.12 bits per heavy atom. The van der Waals surface area contributed by atoms with E-state index in [2.05, 4.69) is 42.4 Å². The Labute approximate surface area is 89.3 Å². The number of rotatable bonds is 0. The van der Waals surface area contributed by atoms with Crippen LogP contribution in [0.3, 0.4) is 0 Å². The number of halogens is 2. The predicted molar refractivity (Wildman–Crippen MR) is 68.5 cm³/mol. The van der Waals surface area contributed by atoms with Crippen molar-refractivity contribution in [1.82, 2.24) is 0 Å². The summed E-state index contributed by atoms with van der Waals surface area (Å²) in [4.78, 5) is 0. The van der Waals surface area contributed by atoms with Gasteiger partial charge in [-0.2, -0.15) is 0 Å². The average molecular weight is 384 g/mol. The Bertz CT molecular complexity index is 21.2. The first-order valence-corrected chi connectivity index (χ1v) is 8.66. The zero-order chi connectivity index (χ0) is 9.41. The highest BCUT2D eigenvalue weighted by atomic mass is 127. The summed E-state index contributed by atoms with van der Waals surface area (Å²) >= 11 is 4.41. The maximum absolute atomic E-state index is 5.75. The SMILES string of the molecule is CSI.CSI.[3H]C.[3H]C. The van der Waals surface area contributed by atoms with E-state index in [1.165, 1.54) is 14.8 Å². The van der Waals surface area contributed by atoms with E-state index in [-0.39, 0.29) is 0 Å². The van der Waals surface area contributed by atoms with Crippen molar-refractivity contribution in [3.63, 3.8) is 0 Å². The third-order valence-electron chi connectivity index (χ3n) is 0. The summed E-state index contributed by atoms with van der Waals surface area (Å²) < 4.78 is 11.5. The predicted octanol–water partition coefficient (Wildman–Crippen LogP) is 4.67. The summed E-state index contributed by atoms with van der Waals surface area (Å²) in [5, 5.41) is 0. The summed E-state index contributed by atoms with van der Waals surface area (Å²) in [6.45, 7) is 0. The molecule has 0 rings (SSSR count). The first-order valence-electron chi connectivity index (χ1n) is 3.13. The molecule has 0 nitrogen and oxygen atoms in total. The van der Waals surface area contributed by atoms with Gasteiger partial charge in [0.2, 0.25) is 0 Å².